The van der Waals surface area contributed by atoms with Crippen LogP contribution in [0.2, 0.25) is 0 Å². The van der Waals surface area contributed by atoms with Crippen molar-refractivity contribution in [3.63, 3.8) is 0 Å². The third-order valence-corrected chi connectivity index (χ3v) is 2.69. The second kappa shape index (κ2) is 4.61. The van der Waals surface area contributed by atoms with Crippen LogP contribution in [0.15, 0.2) is 18.2 Å². The number of aliphatic carboxylic acids is 1. The Morgan fingerprint density at radius 3 is 2.79 bits per heavy atom. The van der Waals surface area contributed by atoms with E-state index in [1.165, 1.54) is 7.11 Å². The molecule has 76 valence electrons. The van der Waals surface area contributed by atoms with E-state index in [0.29, 0.717) is 11.3 Å². The highest BCUT2D eigenvalue weighted by Gasteiger charge is 2.15. The Hall–Kier alpha value is -0.820. The molecule has 1 aromatic carbocycles. The number of ether oxygens (including phenoxy) is 1. The molecule has 4 nitrogen and oxygen atoms in total. The molecule has 0 bridgehead atoms. The van der Waals surface area contributed by atoms with Gasteiger partial charge in [-0.1, -0.05) is 6.07 Å². The molecule has 5 heteroatoms. The molecule has 0 aromatic heterocycles. The highest BCUT2D eigenvalue weighted by molar-refractivity contribution is 14.1. The van der Waals surface area contributed by atoms with E-state index in [9.17, 15) is 4.79 Å². The zero-order valence-corrected chi connectivity index (χ0v) is 9.69. The fourth-order valence-electron chi connectivity index (χ4n) is 1.01. The molecule has 0 saturated heterocycles. The van der Waals surface area contributed by atoms with Crippen molar-refractivity contribution in [1.82, 2.24) is 0 Å². The number of hydrogen-bond donors (Lipinski definition) is 2. The molecule has 14 heavy (non-hydrogen) atoms. The van der Waals surface area contributed by atoms with E-state index in [2.05, 4.69) is 22.6 Å². The molecule has 0 saturated carbocycles. The van der Waals surface area contributed by atoms with Crippen LogP contribution in [-0.2, 0) is 4.79 Å². The maximum atomic E-state index is 10.6. The number of nitrogens with two attached hydrogens (primary N) is 1. The Kier molecular flexibility index (Phi) is 3.70. The molecule has 0 heterocycles. The van der Waals surface area contributed by atoms with Gasteiger partial charge in [0.25, 0.3) is 0 Å². The highest BCUT2D eigenvalue weighted by atomic mass is 127. The van der Waals surface area contributed by atoms with Gasteiger partial charge >= 0.3 is 5.97 Å². The van der Waals surface area contributed by atoms with Crippen LogP contribution < -0.4 is 10.5 Å². The molecule has 0 spiro atoms. The van der Waals surface area contributed by atoms with Crippen LogP contribution in [0.1, 0.15) is 11.6 Å². The van der Waals surface area contributed by atoms with Gasteiger partial charge in [-0.2, -0.15) is 0 Å². The molecule has 0 fully saturated rings. The number of methoxy groups -OCH3 is 1. The number of carboxylic acids is 1. The fourth-order valence-corrected chi connectivity index (χ4v) is 1.57. The van der Waals surface area contributed by atoms with Crippen LogP contribution in [0, 0.1) is 3.57 Å². The maximum Gasteiger partial charge on any atom is 0.325 e. The van der Waals surface area contributed by atoms with Crippen LogP contribution in [0.25, 0.3) is 0 Å². The van der Waals surface area contributed by atoms with E-state index in [1.807, 2.05) is 0 Å². The lowest BCUT2D eigenvalue weighted by Crippen LogP contribution is -2.20. The van der Waals surface area contributed by atoms with Crippen LogP contribution in [0.4, 0.5) is 0 Å². The molecule has 1 rings (SSSR count). The van der Waals surface area contributed by atoms with Crippen molar-refractivity contribution < 1.29 is 14.6 Å². The van der Waals surface area contributed by atoms with Gasteiger partial charge in [0.2, 0.25) is 0 Å². The highest BCUT2D eigenvalue weighted by Crippen LogP contribution is 2.24. The Morgan fingerprint density at radius 1 is 1.64 bits per heavy atom. The van der Waals surface area contributed by atoms with E-state index in [-0.39, 0.29) is 0 Å². The number of halogens is 1. The Bertz CT molecular complexity index is 354. The molecule has 0 aliphatic rings. The molecule has 0 aliphatic heterocycles. The normalized spacial score (nSPS) is 12.2. The second-order valence-corrected chi connectivity index (χ2v) is 3.87. The molecule has 1 atom stereocenters. The SMILES string of the molecule is COc1cc([C@@H](N)C(=O)O)ccc1I. The van der Waals surface area contributed by atoms with Crippen LogP contribution in [0.3, 0.4) is 0 Å². The average Bonchev–Trinajstić information content (AvgIpc) is 2.17. The summed E-state index contributed by atoms with van der Waals surface area (Å²) in [4.78, 5) is 10.6. The van der Waals surface area contributed by atoms with Gasteiger partial charge in [0.15, 0.2) is 0 Å². The molecular weight excluding hydrogens is 297 g/mol. The van der Waals surface area contributed by atoms with Crippen molar-refractivity contribution in [2.24, 2.45) is 5.73 Å². The van der Waals surface area contributed by atoms with Crippen LogP contribution in [-0.4, -0.2) is 18.2 Å². The second-order valence-electron chi connectivity index (χ2n) is 2.71. The summed E-state index contributed by atoms with van der Waals surface area (Å²) >= 11 is 2.10. The van der Waals surface area contributed by atoms with Crippen molar-refractivity contribution >= 4 is 28.6 Å². The smallest absolute Gasteiger partial charge is 0.325 e. The summed E-state index contributed by atoms with van der Waals surface area (Å²) in [5.74, 6) is -0.409. The van der Waals surface area contributed by atoms with Crippen molar-refractivity contribution in [3.05, 3.63) is 27.3 Å². The Labute approximate surface area is 95.2 Å². The number of carboxylic acid groups (broad SMARTS) is 1. The van der Waals surface area contributed by atoms with Crippen LogP contribution >= 0.6 is 22.6 Å². The van der Waals surface area contributed by atoms with E-state index in [1.54, 1.807) is 18.2 Å². The van der Waals surface area contributed by atoms with E-state index >= 15 is 0 Å². The monoisotopic (exact) mass is 307 g/mol. The van der Waals surface area contributed by atoms with Gasteiger partial charge in [0, 0.05) is 0 Å². The summed E-state index contributed by atoms with van der Waals surface area (Å²) in [5.41, 5.74) is 5.99. The molecule has 0 unspecified atom stereocenters. The van der Waals surface area contributed by atoms with Gasteiger partial charge < -0.3 is 15.6 Å². The van der Waals surface area contributed by atoms with Gasteiger partial charge in [-0.25, -0.2) is 0 Å². The molecule has 1 aromatic rings. The fraction of sp³-hybridized carbons (Fsp3) is 0.222. The van der Waals surface area contributed by atoms with Gasteiger partial charge in [-0.05, 0) is 40.3 Å². The first-order valence-corrected chi connectivity index (χ1v) is 4.96. The molecular formula is C9H10INO3. The standard InChI is InChI=1S/C9H10INO3/c1-14-7-4-5(2-3-6(7)10)8(11)9(12)13/h2-4,8H,11H2,1H3,(H,12,13)/t8-/m1/s1. The molecule has 0 radical (unpaired) electrons. The predicted octanol–water partition coefficient (Wildman–Crippen LogP) is 1.38. The number of hydrogen-bond acceptors (Lipinski definition) is 3. The lowest BCUT2D eigenvalue weighted by atomic mass is 10.1. The molecule has 0 aliphatic carbocycles. The Balaban J connectivity index is 3.06. The first-order chi connectivity index (χ1) is 6.56. The minimum atomic E-state index is -1.05. The van der Waals surface area contributed by atoms with Gasteiger partial charge in [0.1, 0.15) is 11.8 Å². The summed E-state index contributed by atoms with van der Waals surface area (Å²) in [6.45, 7) is 0. The predicted molar refractivity (Wildman–Crippen MR) is 60.3 cm³/mol. The quantitative estimate of drug-likeness (QED) is 0.828. The van der Waals surface area contributed by atoms with Gasteiger partial charge in [-0.3, -0.25) is 4.79 Å². The lowest BCUT2D eigenvalue weighted by molar-refractivity contribution is -0.138. The third kappa shape index (κ3) is 2.36. The number of benzene rings is 1. The summed E-state index contributed by atoms with van der Waals surface area (Å²) in [6.07, 6.45) is 0. The Morgan fingerprint density at radius 2 is 2.29 bits per heavy atom. The summed E-state index contributed by atoms with van der Waals surface area (Å²) in [5, 5.41) is 8.70. The zero-order chi connectivity index (χ0) is 10.7. The lowest BCUT2D eigenvalue weighted by Gasteiger charge is -2.09. The van der Waals surface area contributed by atoms with Crippen molar-refractivity contribution in [2.45, 2.75) is 6.04 Å². The van der Waals surface area contributed by atoms with E-state index < -0.39 is 12.0 Å². The summed E-state index contributed by atoms with van der Waals surface area (Å²) in [6, 6.07) is 4.10. The topological polar surface area (TPSA) is 72.5 Å². The average molecular weight is 307 g/mol. The number of rotatable bonds is 3. The van der Waals surface area contributed by atoms with Gasteiger partial charge in [-0.15, -0.1) is 0 Å². The summed E-state index contributed by atoms with van der Waals surface area (Å²) < 4.78 is 5.98. The molecule has 0 amide bonds. The van der Waals surface area contributed by atoms with E-state index in [4.69, 9.17) is 15.6 Å². The molecule has 3 N–H and O–H groups in total. The number of carbonyl (C=O) groups is 1. The first-order valence-electron chi connectivity index (χ1n) is 3.88. The largest absolute Gasteiger partial charge is 0.496 e. The van der Waals surface area contributed by atoms with E-state index in [0.717, 1.165) is 3.57 Å². The minimum absolute atomic E-state index is 0.537. The van der Waals surface area contributed by atoms with Gasteiger partial charge in [0.05, 0.1) is 10.7 Å². The van der Waals surface area contributed by atoms with Crippen LogP contribution in [0.5, 0.6) is 5.75 Å². The minimum Gasteiger partial charge on any atom is -0.496 e. The van der Waals surface area contributed by atoms with Crippen molar-refractivity contribution in [2.75, 3.05) is 7.11 Å². The van der Waals surface area contributed by atoms with Crippen molar-refractivity contribution in [3.8, 4) is 5.75 Å². The summed E-state index contributed by atoms with van der Waals surface area (Å²) in [7, 11) is 1.54. The first kappa shape index (κ1) is 11.3. The zero-order valence-electron chi connectivity index (χ0n) is 7.53. The third-order valence-electron chi connectivity index (χ3n) is 1.80. The maximum absolute atomic E-state index is 10.6. The van der Waals surface area contributed by atoms with Crippen molar-refractivity contribution in [1.29, 1.82) is 0 Å².